The summed E-state index contributed by atoms with van der Waals surface area (Å²) in [7, 11) is 0. The molecule has 1 nitrogen and oxygen atoms in total. The molecule has 0 N–H and O–H groups in total. The van der Waals surface area contributed by atoms with Crippen molar-refractivity contribution in [2.24, 2.45) is 0 Å². The topological polar surface area (TPSA) is 23.8 Å². The standard InChI is InChI=1S/C18H11NS2/c19-10-9-12-11-15-13-5-1-3-7-16(13)21-17-8-4-2-6-14(17)18(15)20-12/h1-8,11H,9H2. The average Bonchev–Trinajstić information content (AvgIpc) is 2.87. The minimum atomic E-state index is 0.481. The molecule has 1 aromatic heterocycles. The van der Waals surface area contributed by atoms with Crippen LogP contribution >= 0.6 is 23.1 Å². The molecule has 3 heteroatoms. The molecule has 0 bridgehead atoms. The molecule has 21 heavy (non-hydrogen) atoms. The van der Waals surface area contributed by atoms with Crippen LogP contribution < -0.4 is 0 Å². The Morgan fingerprint density at radius 2 is 1.52 bits per heavy atom. The average molecular weight is 305 g/mol. The van der Waals surface area contributed by atoms with Gasteiger partial charge in [0.1, 0.15) is 0 Å². The number of nitriles is 1. The first-order valence-corrected chi connectivity index (χ1v) is 8.36. The molecule has 100 valence electrons. The quantitative estimate of drug-likeness (QED) is 0.456. The Morgan fingerprint density at radius 3 is 2.29 bits per heavy atom. The Balaban J connectivity index is 2.05. The van der Waals surface area contributed by atoms with E-state index in [1.165, 1.54) is 31.4 Å². The van der Waals surface area contributed by atoms with E-state index in [1.54, 1.807) is 11.3 Å². The number of fused-ring (bicyclic) bond motifs is 5. The molecule has 0 unspecified atom stereocenters. The number of benzene rings is 2. The molecule has 0 radical (unpaired) electrons. The summed E-state index contributed by atoms with van der Waals surface area (Å²) in [6.45, 7) is 0. The summed E-state index contributed by atoms with van der Waals surface area (Å²) in [5.41, 5.74) is 3.82. The van der Waals surface area contributed by atoms with Gasteiger partial charge in [0.25, 0.3) is 0 Å². The lowest BCUT2D eigenvalue weighted by Crippen LogP contribution is -1.78. The van der Waals surface area contributed by atoms with E-state index in [-0.39, 0.29) is 0 Å². The van der Waals surface area contributed by atoms with Gasteiger partial charge in [0.15, 0.2) is 0 Å². The van der Waals surface area contributed by atoms with Gasteiger partial charge in [-0.15, -0.1) is 11.3 Å². The Labute approximate surface area is 131 Å². The zero-order valence-electron chi connectivity index (χ0n) is 11.2. The molecule has 0 saturated heterocycles. The van der Waals surface area contributed by atoms with E-state index in [9.17, 15) is 0 Å². The van der Waals surface area contributed by atoms with Gasteiger partial charge in [-0.25, -0.2) is 0 Å². The monoisotopic (exact) mass is 305 g/mol. The van der Waals surface area contributed by atoms with E-state index >= 15 is 0 Å². The summed E-state index contributed by atoms with van der Waals surface area (Å²) in [5.74, 6) is 0. The maximum Gasteiger partial charge on any atom is 0.0696 e. The second-order valence-corrected chi connectivity index (χ2v) is 7.11. The largest absolute Gasteiger partial charge is 0.198 e. The molecule has 0 amide bonds. The van der Waals surface area contributed by atoms with Crippen molar-refractivity contribution < 1.29 is 0 Å². The summed E-state index contributed by atoms with van der Waals surface area (Å²) < 4.78 is 0. The van der Waals surface area contributed by atoms with E-state index < -0.39 is 0 Å². The fourth-order valence-corrected chi connectivity index (χ4v) is 4.95. The number of hydrogen-bond acceptors (Lipinski definition) is 3. The Morgan fingerprint density at radius 1 is 0.857 bits per heavy atom. The van der Waals surface area contributed by atoms with Gasteiger partial charge in [-0.05, 0) is 23.8 Å². The predicted octanol–water partition coefficient (Wildman–Crippen LogP) is 5.61. The van der Waals surface area contributed by atoms with E-state index in [4.69, 9.17) is 5.26 Å². The number of nitrogens with zero attached hydrogens (tertiary/aromatic N) is 1. The summed E-state index contributed by atoms with van der Waals surface area (Å²) in [4.78, 5) is 4.99. The highest BCUT2D eigenvalue weighted by molar-refractivity contribution is 7.99. The fourth-order valence-electron chi connectivity index (χ4n) is 2.65. The van der Waals surface area contributed by atoms with Crippen molar-refractivity contribution in [1.29, 1.82) is 5.26 Å². The molecule has 2 heterocycles. The first-order valence-electron chi connectivity index (χ1n) is 6.73. The van der Waals surface area contributed by atoms with Gasteiger partial charge in [-0.2, -0.15) is 5.26 Å². The highest BCUT2D eigenvalue weighted by Crippen LogP contribution is 2.50. The van der Waals surface area contributed by atoms with Gasteiger partial charge >= 0.3 is 0 Å². The third-order valence-electron chi connectivity index (χ3n) is 3.57. The molecule has 0 atom stereocenters. The Hall–Kier alpha value is -2.02. The van der Waals surface area contributed by atoms with E-state index in [0.717, 1.165) is 4.88 Å². The molecule has 2 aromatic carbocycles. The van der Waals surface area contributed by atoms with Crippen molar-refractivity contribution in [1.82, 2.24) is 0 Å². The highest BCUT2D eigenvalue weighted by atomic mass is 32.2. The third-order valence-corrected chi connectivity index (χ3v) is 5.89. The molecule has 1 aliphatic rings. The number of hydrogen-bond donors (Lipinski definition) is 0. The van der Waals surface area contributed by atoms with Crippen molar-refractivity contribution in [3.63, 3.8) is 0 Å². The molecule has 0 spiro atoms. The van der Waals surface area contributed by atoms with Crippen LogP contribution in [0.2, 0.25) is 0 Å². The van der Waals surface area contributed by atoms with Crippen molar-refractivity contribution >= 4 is 23.1 Å². The predicted molar refractivity (Wildman–Crippen MR) is 88.6 cm³/mol. The van der Waals surface area contributed by atoms with Crippen LogP contribution in [0.3, 0.4) is 0 Å². The van der Waals surface area contributed by atoms with Crippen molar-refractivity contribution in [3.05, 3.63) is 59.5 Å². The van der Waals surface area contributed by atoms with Gasteiger partial charge in [-0.3, -0.25) is 0 Å². The normalized spacial score (nSPS) is 11.8. The lowest BCUT2D eigenvalue weighted by Gasteiger charge is -2.05. The number of thiophene rings is 1. The molecule has 4 rings (SSSR count). The number of rotatable bonds is 1. The molecular formula is C18H11NS2. The van der Waals surface area contributed by atoms with Crippen LogP contribution in [-0.2, 0) is 6.42 Å². The molecule has 1 aliphatic heterocycles. The highest BCUT2D eigenvalue weighted by Gasteiger charge is 2.21. The van der Waals surface area contributed by atoms with Gasteiger partial charge in [0.2, 0.25) is 0 Å². The van der Waals surface area contributed by atoms with Crippen molar-refractivity contribution in [2.75, 3.05) is 0 Å². The lowest BCUT2D eigenvalue weighted by atomic mass is 10.0. The summed E-state index contributed by atoms with van der Waals surface area (Å²) in [6, 6.07) is 21.5. The molecule has 0 saturated carbocycles. The maximum absolute atomic E-state index is 8.98. The van der Waals surface area contributed by atoms with Crippen LogP contribution in [0.1, 0.15) is 4.88 Å². The molecular weight excluding hydrogens is 294 g/mol. The van der Waals surface area contributed by atoms with Crippen LogP contribution in [0.4, 0.5) is 0 Å². The molecule has 0 aliphatic carbocycles. The van der Waals surface area contributed by atoms with Crippen molar-refractivity contribution in [2.45, 2.75) is 16.2 Å². The second kappa shape index (κ2) is 5.07. The second-order valence-electron chi connectivity index (χ2n) is 4.88. The van der Waals surface area contributed by atoms with E-state index in [0.29, 0.717) is 6.42 Å². The molecule has 0 fully saturated rings. The Kier molecular flexibility index (Phi) is 3.07. The minimum Gasteiger partial charge on any atom is -0.198 e. The van der Waals surface area contributed by atoms with Gasteiger partial charge in [0.05, 0.1) is 12.5 Å². The van der Waals surface area contributed by atoms with E-state index in [1.807, 2.05) is 11.8 Å². The summed E-state index contributed by atoms with van der Waals surface area (Å²) in [5, 5.41) is 8.98. The van der Waals surface area contributed by atoms with E-state index in [2.05, 4.69) is 60.7 Å². The third kappa shape index (κ3) is 2.08. The smallest absolute Gasteiger partial charge is 0.0696 e. The first kappa shape index (κ1) is 12.7. The fraction of sp³-hybridized carbons (Fsp3) is 0.0556. The molecule has 3 aromatic rings. The van der Waals surface area contributed by atoms with Crippen LogP contribution in [0, 0.1) is 11.3 Å². The van der Waals surface area contributed by atoms with Crippen LogP contribution in [0.5, 0.6) is 0 Å². The van der Waals surface area contributed by atoms with Gasteiger partial charge < -0.3 is 0 Å². The summed E-state index contributed by atoms with van der Waals surface area (Å²) >= 11 is 3.57. The van der Waals surface area contributed by atoms with Crippen LogP contribution in [0.15, 0.2) is 64.4 Å². The maximum atomic E-state index is 8.98. The summed E-state index contributed by atoms with van der Waals surface area (Å²) in [6.07, 6.45) is 0.481. The SMILES string of the molecule is N#CCc1cc2c(s1)-c1ccccc1Sc1ccccc1-2. The lowest BCUT2D eigenvalue weighted by molar-refractivity contribution is 1.32. The van der Waals surface area contributed by atoms with Crippen molar-refractivity contribution in [3.8, 4) is 27.6 Å². The van der Waals surface area contributed by atoms with Crippen LogP contribution in [0.25, 0.3) is 21.6 Å². The van der Waals surface area contributed by atoms with Crippen LogP contribution in [-0.4, -0.2) is 0 Å². The Bertz CT molecular complexity index is 808. The first-order chi connectivity index (χ1) is 10.4. The zero-order chi connectivity index (χ0) is 14.2. The zero-order valence-corrected chi connectivity index (χ0v) is 12.8. The van der Waals surface area contributed by atoms with Gasteiger partial charge in [-0.1, -0.05) is 48.2 Å². The van der Waals surface area contributed by atoms with Gasteiger partial charge in [0, 0.05) is 30.7 Å². The minimum absolute atomic E-state index is 0.481.